The van der Waals surface area contributed by atoms with E-state index in [0.29, 0.717) is 36.8 Å². The molecule has 0 aliphatic carbocycles. The zero-order valence-corrected chi connectivity index (χ0v) is 16.7. The van der Waals surface area contributed by atoms with Crippen LogP contribution in [0.2, 0.25) is 0 Å². The number of nitrogens with zero attached hydrogens (tertiary/aromatic N) is 3. The highest BCUT2D eigenvalue weighted by molar-refractivity contribution is 7.14. The summed E-state index contributed by atoms with van der Waals surface area (Å²) in [6.45, 7) is 3.12. The van der Waals surface area contributed by atoms with Crippen molar-refractivity contribution in [3.63, 3.8) is 0 Å². The number of unbranched alkanes of at least 4 members (excludes halogenated alkanes) is 1. The van der Waals surface area contributed by atoms with Gasteiger partial charge in [-0.05, 0) is 12.8 Å². The third kappa shape index (κ3) is 7.31. The van der Waals surface area contributed by atoms with E-state index in [9.17, 15) is 9.59 Å². The predicted molar refractivity (Wildman–Crippen MR) is 108 cm³/mol. The van der Waals surface area contributed by atoms with Crippen molar-refractivity contribution in [2.45, 2.75) is 26.2 Å². The summed E-state index contributed by atoms with van der Waals surface area (Å²) in [5.41, 5.74) is 11.6. The summed E-state index contributed by atoms with van der Waals surface area (Å²) >= 11 is 2.89. The third-order valence-electron chi connectivity index (χ3n) is 3.39. The molecule has 0 fully saturated rings. The van der Waals surface area contributed by atoms with Crippen molar-refractivity contribution in [1.29, 1.82) is 0 Å². The number of rotatable bonds is 10. The zero-order chi connectivity index (χ0) is 19.6. The summed E-state index contributed by atoms with van der Waals surface area (Å²) < 4.78 is 0. The van der Waals surface area contributed by atoms with E-state index >= 15 is 0 Å². The molecule has 0 aliphatic rings. The Morgan fingerprint density at radius 3 is 2.67 bits per heavy atom. The van der Waals surface area contributed by atoms with Crippen LogP contribution in [-0.2, 0) is 11.2 Å². The molecule has 0 aromatic carbocycles. The maximum Gasteiger partial charge on any atom is 0.270 e. The van der Waals surface area contributed by atoms with Gasteiger partial charge in [0.05, 0.1) is 5.01 Å². The van der Waals surface area contributed by atoms with Crippen LogP contribution in [0, 0.1) is 0 Å². The summed E-state index contributed by atoms with van der Waals surface area (Å²) in [6.07, 6.45) is 2.24. The molecule has 0 bridgehead atoms. The average molecular weight is 410 g/mol. The van der Waals surface area contributed by atoms with E-state index in [2.05, 4.69) is 25.6 Å². The molecule has 146 valence electrons. The first-order chi connectivity index (χ1) is 13.0. The van der Waals surface area contributed by atoms with Crippen molar-refractivity contribution >= 4 is 40.4 Å². The van der Waals surface area contributed by atoms with Gasteiger partial charge in [0, 0.05) is 43.7 Å². The van der Waals surface area contributed by atoms with Crippen LogP contribution < -0.4 is 22.1 Å². The van der Waals surface area contributed by atoms with Gasteiger partial charge in [0.2, 0.25) is 5.91 Å². The molecular weight excluding hydrogens is 386 g/mol. The number of nitrogens with two attached hydrogens (primary N) is 2. The Bertz CT molecular complexity index is 796. The Morgan fingerprint density at radius 1 is 1.11 bits per heavy atom. The monoisotopic (exact) mass is 409 g/mol. The molecule has 6 N–H and O–H groups in total. The number of thiazole rings is 2. The van der Waals surface area contributed by atoms with Crippen LogP contribution >= 0.6 is 22.7 Å². The van der Waals surface area contributed by atoms with Crippen LogP contribution in [0.15, 0.2) is 15.8 Å². The second-order valence-electron chi connectivity index (χ2n) is 5.67. The van der Waals surface area contributed by atoms with Gasteiger partial charge in [-0.2, -0.15) is 0 Å². The van der Waals surface area contributed by atoms with Crippen LogP contribution in [0.3, 0.4) is 0 Å². The van der Waals surface area contributed by atoms with E-state index in [1.54, 1.807) is 5.38 Å². The fourth-order valence-corrected chi connectivity index (χ4v) is 3.72. The molecule has 0 spiro atoms. The standard InChI is InChI=1S/C16H23N7O2S2/c1-10(24)19-7-4-13-22-12(9-26-13)15-23-11(8-27-15)14(25)20-5-2-3-6-21-16(17)18/h8-9H,2-7H2,1H3,(H,19,24)(H,20,25)(H4,17,18,21). The number of amides is 2. The van der Waals surface area contributed by atoms with Gasteiger partial charge in [-0.25, -0.2) is 9.97 Å². The van der Waals surface area contributed by atoms with Gasteiger partial charge in [-0.15, -0.1) is 22.7 Å². The highest BCUT2D eigenvalue weighted by Crippen LogP contribution is 2.25. The van der Waals surface area contributed by atoms with E-state index in [-0.39, 0.29) is 17.8 Å². The second-order valence-corrected chi connectivity index (χ2v) is 7.47. The van der Waals surface area contributed by atoms with Gasteiger partial charge in [-0.1, -0.05) is 0 Å². The van der Waals surface area contributed by atoms with Gasteiger partial charge >= 0.3 is 0 Å². The smallest absolute Gasteiger partial charge is 0.270 e. The van der Waals surface area contributed by atoms with Gasteiger partial charge in [0.25, 0.3) is 5.91 Å². The number of carbonyl (C=O) groups is 2. The maximum absolute atomic E-state index is 12.1. The summed E-state index contributed by atoms with van der Waals surface area (Å²) in [5.74, 6) is -0.187. The molecule has 9 nitrogen and oxygen atoms in total. The molecule has 0 saturated heterocycles. The first-order valence-electron chi connectivity index (χ1n) is 8.44. The Kier molecular flexibility index (Phi) is 8.14. The molecule has 0 aliphatic heterocycles. The minimum atomic E-state index is -0.208. The molecule has 11 heteroatoms. The van der Waals surface area contributed by atoms with E-state index in [1.807, 2.05) is 5.38 Å². The van der Waals surface area contributed by atoms with Gasteiger partial charge < -0.3 is 22.1 Å². The summed E-state index contributed by atoms with van der Waals surface area (Å²) in [6, 6.07) is 0. The van der Waals surface area contributed by atoms with E-state index in [1.165, 1.54) is 29.6 Å². The maximum atomic E-state index is 12.1. The zero-order valence-electron chi connectivity index (χ0n) is 15.0. The van der Waals surface area contributed by atoms with Gasteiger partial charge in [0.1, 0.15) is 16.4 Å². The normalized spacial score (nSPS) is 10.4. The fourth-order valence-electron chi connectivity index (χ4n) is 2.10. The Labute approximate surface area is 165 Å². The van der Waals surface area contributed by atoms with Crippen molar-refractivity contribution in [1.82, 2.24) is 20.6 Å². The van der Waals surface area contributed by atoms with Crippen LogP contribution in [0.1, 0.15) is 35.3 Å². The van der Waals surface area contributed by atoms with E-state index in [4.69, 9.17) is 11.5 Å². The van der Waals surface area contributed by atoms with Crippen LogP contribution in [0.4, 0.5) is 0 Å². The molecule has 27 heavy (non-hydrogen) atoms. The lowest BCUT2D eigenvalue weighted by Crippen LogP contribution is -2.25. The van der Waals surface area contributed by atoms with Gasteiger partial charge in [0.15, 0.2) is 5.96 Å². The Morgan fingerprint density at radius 2 is 1.93 bits per heavy atom. The lowest BCUT2D eigenvalue weighted by molar-refractivity contribution is -0.118. The number of nitrogens with one attached hydrogen (secondary N) is 2. The number of aliphatic imine (C=N–C) groups is 1. The average Bonchev–Trinajstić information content (AvgIpc) is 3.26. The highest BCUT2D eigenvalue weighted by atomic mass is 32.1. The quantitative estimate of drug-likeness (QED) is 0.258. The van der Waals surface area contributed by atoms with Crippen molar-refractivity contribution in [3.05, 3.63) is 21.5 Å². The molecule has 0 radical (unpaired) electrons. The van der Waals surface area contributed by atoms with E-state index in [0.717, 1.165) is 23.5 Å². The van der Waals surface area contributed by atoms with Crippen LogP contribution in [0.5, 0.6) is 0 Å². The summed E-state index contributed by atoms with van der Waals surface area (Å²) in [5, 5.41) is 10.8. The van der Waals surface area contributed by atoms with Crippen molar-refractivity contribution in [3.8, 4) is 10.7 Å². The first-order valence-corrected chi connectivity index (χ1v) is 10.2. The van der Waals surface area contributed by atoms with Crippen molar-refractivity contribution in [2.75, 3.05) is 19.6 Å². The Balaban J connectivity index is 1.80. The first kappa shape index (κ1) is 20.8. The van der Waals surface area contributed by atoms with Crippen LogP contribution in [0.25, 0.3) is 10.7 Å². The molecule has 2 heterocycles. The summed E-state index contributed by atoms with van der Waals surface area (Å²) in [7, 11) is 0. The van der Waals surface area contributed by atoms with Gasteiger partial charge in [-0.3, -0.25) is 14.6 Å². The minimum absolute atomic E-state index is 0.0569. The van der Waals surface area contributed by atoms with Crippen LogP contribution in [-0.4, -0.2) is 47.4 Å². The molecule has 2 aromatic rings. The molecular formula is C16H23N7O2S2. The third-order valence-corrected chi connectivity index (χ3v) is 5.16. The number of hydrogen-bond acceptors (Lipinski definition) is 7. The largest absolute Gasteiger partial charge is 0.370 e. The van der Waals surface area contributed by atoms with Crippen molar-refractivity contribution < 1.29 is 9.59 Å². The Hall–Kier alpha value is -2.53. The lowest BCUT2D eigenvalue weighted by atomic mass is 10.3. The number of aromatic nitrogens is 2. The lowest BCUT2D eigenvalue weighted by Gasteiger charge is -2.02. The minimum Gasteiger partial charge on any atom is -0.370 e. The molecule has 2 rings (SSSR count). The summed E-state index contributed by atoms with van der Waals surface area (Å²) in [4.78, 5) is 35.8. The molecule has 0 atom stereocenters. The molecule has 2 amide bonds. The van der Waals surface area contributed by atoms with E-state index < -0.39 is 0 Å². The fraction of sp³-hybridized carbons (Fsp3) is 0.438. The highest BCUT2D eigenvalue weighted by Gasteiger charge is 2.13. The topological polar surface area (TPSA) is 148 Å². The molecule has 2 aromatic heterocycles. The molecule has 0 unspecified atom stereocenters. The predicted octanol–water partition coefficient (Wildman–Crippen LogP) is 0.729. The molecule has 0 saturated carbocycles. The number of guanidine groups is 1. The SMILES string of the molecule is CC(=O)NCCc1nc(-c2nc(C(=O)NCCCCN=C(N)N)cs2)cs1. The second kappa shape index (κ2) is 10.6. The number of carbonyl (C=O) groups excluding carboxylic acids is 2. The number of hydrogen-bond donors (Lipinski definition) is 4. The van der Waals surface area contributed by atoms with Crippen molar-refractivity contribution in [2.24, 2.45) is 16.5 Å².